The van der Waals surface area contributed by atoms with Gasteiger partial charge in [-0.15, -0.1) is 0 Å². The van der Waals surface area contributed by atoms with Gasteiger partial charge >= 0.3 is 0 Å². The maximum atomic E-state index is 13.9. The van der Waals surface area contributed by atoms with E-state index in [-0.39, 0.29) is 17.6 Å². The molecule has 0 unspecified atom stereocenters. The molecule has 1 aliphatic rings. The van der Waals surface area contributed by atoms with E-state index in [4.69, 9.17) is 4.74 Å². The number of aromatic nitrogens is 4. The molecule has 1 atom stereocenters. The molecule has 0 radical (unpaired) electrons. The molecule has 1 fully saturated rings. The van der Waals surface area contributed by atoms with Crippen molar-refractivity contribution in [3.05, 3.63) is 65.1 Å². The van der Waals surface area contributed by atoms with Crippen LogP contribution in [0.15, 0.2) is 36.5 Å². The first kappa shape index (κ1) is 18.1. The Kier molecular flexibility index (Phi) is 4.77. The predicted molar refractivity (Wildman–Crippen MR) is 99.8 cm³/mol. The molecule has 28 heavy (non-hydrogen) atoms. The average Bonchev–Trinajstić information content (AvgIpc) is 3.32. The SMILES string of the molecule is Cc1cc(Oc2ccccc2F)nc([C@H]2CCN(C(=O)c3cn[nH]c3C)C2)n1. The second-order valence-corrected chi connectivity index (χ2v) is 6.88. The largest absolute Gasteiger partial charge is 0.436 e. The first-order valence-electron chi connectivity index (χ1n) is 9.08. The number of benzene rings is 1. The van der Waals surface area contributed by atoms with Crippen molar-refractivity contribution in [2.24, 2.45) is 0 Å². The number of aromatic amines is 1. The maximum absolute atomic E-state index is 13.9. The molecule has 7 nitrogen and oxygen atoms in total. The number of para-hydroxylation sites is 1. The molecule has 4 rings (SSSR count). The van der Waals surface area contributed by atoms with Gasteiger partial charge in [-0.3, -0.25) is 9.89 Å². The second kappa shape index (κ2) is 7.38. The number of likely N-dealkylation sites (tertiary alicyclic amines) is 1. The van der Waals surface area contributed by atoms with E-state index in [1.165, 1.54) is 6.07 Å². The summed E-state index contributed by atoms with van der Waals surface area (Å²) < 4.78 is 19.5. The normalized spacial score (nSPS) is 16.4. The Balaban J connectivity index is 1.52. The van der Waals surface area contributed by atoms with Crippen LogP contribution in [-0.4, -0.2) is 44.1 Å². The van der Waals surface area contributed by atoms with Gasteiger partial charge in [0.05, 0.1) is 11.8 Å². The molecule has 0 saturated carbocycles. The Labute approximate surface area is 161 Å². The second-order valence-electron chi connectivity index (χ2n) is 6.88. The lowest BCUT2D eigenvalue weighted by Crippen LogP contribution is -2.28. The lowest BCUT2D eigenvalue weighted by Gasteiger charge is -2.16. The van der Waals surface area contributed by atoms with E-state index in [2.05, 4.69) is 20.2 Å². The Morgan fingerprint density at radius 3 is 2.86 bits per heavy atom. The summed E-state index contributed by atoms with van der Waals surface area (Å²) in [6, 6.07) is 7.86. The van der Waals surface area contributed by atoms with Crippen molar-refractivity contribution in [2.75, 3.05) is 13.1 Å². The quantitative estimate of drug-likeness (QED) is 0.749. The van der Waals surface area contributed by atoms with Gasteiger partial charge in [-0.05, 0) is 32.4 Å². The standard InChI is InChI=1S/C20H20FN5O2/c1-12-9-18(28-17-6-4-3-5-16(17)21)24-19(23-12)14-7-8-26(11-14)20(27)15-10-22-25-13(15)2/h3-6,9-10,14H,7-8,11H2,1-2H3,(H,22,25)/t14-/m0/s1. The first-order valence-corrected chi connectivity index (χ1v) is 9.08. The van der Waals surface area contributed by atoms with Crippen LogP contribution in [0.1, 0.15) is 39.9 Å². The molecule has 1 aromatic carbocycles. The fourth-order valence-corrected chi connectivity index (χ4v) is 3.33. The number of nitrogens with one attached hydrogen (secondary N) is 1. The molecule has 1 N–H and O–H groups in total. The highest BCUT2D eigenvalue weighted by atomic mass is 19.1. The number of carbonyl (C=O) groups excluding carboxylic acids is 1. The monoisotopic (exact) mass is 381 g/mol. The fourth-order valence-electron chi connectivity index (χ4n) is 3.33. The van der Waals surface area contributed by atoms with E-state index in [1.54, 1.807) is 35.4 Å². The van der Waals surface area contributed by atoms with Crippen molar-refractivity contribution < 1.29 is 13.9 Å². The third-order valence-corrected chi connectivity index (χ3v) is 4.80. The van der Waals surface area contributed by atoms with Gasteiger partial charge < -0.3 is 9.64 Å². The third-order valence-electron chi connectivity index (χ3n) is 4.80. The first-order chi connectivity index (χ1) is 13.5. The molecular weight excluding hydrogens is 361 g/mol. The van der Waals surface area contributed by atoms with Gasteiger partial charge in [0.25, 0.3) is 5.91 Å². The lowest BCUT2D eigenvalue weighted by molar-refractivity contribution is 0.0790. The van der Waals surface area contributed by atoms with Crippen LogP contribution in [0.5, 0.6) is 11.6 Å². The van der Waals surface area contributed by atoms with Gasteiger partial charge in [-0.1, -0.05) is 12.1 Å². The summed E-state index contributed by atoms with van der Waals surface area (Å²) in [6.07, 6.45) is 2.31. The molecule has 1 amide bonds. The molecule has 8 heteroatoms. The van der Waals surface area contributed by atoms with Crippen molar-refractivity contribution in [2.45, 2.75) is 26.2 Å². The van der Waals surface area contributed by atoms with Gasteiger partial charge in [0.2, 0.25) is 5.88 Å². The van der Waals surface area contributed by atoms with Crippen LogP contribution in [0, 0.1) is 19.7 Å². The molecule has 2 aromatic heterocycles. The minimum atomic E-state index is -0.451. The number of aryl methyl sites for hydroxylation is 2. The topological polar surface area (TPSA) is 84.0 Å². The van der Waals surface area contributed by atoms with Crippen molar-refractivity contribution in [1.82, 2.24) is 25.1 Å². The van der Waals surface area contributed by atoms with Crippen molar-refractivity contribution >= 4 is 5.91 Å². The van der Waals surface area contributed by atoms with Crippen LogP contribution in [-0.2, 0) is 0 Å². The Bertz CT molecular complexity index is 1020. The molecule has 3 heterocycles. The number of halogens is 1. The number of rotatable bonds is 4. The molecule has 1 saturated heterocycles. The van der Waals surface area contributed by atoms with Crippen LogP contribution in [0.2, 0.25) is 0 Å². The zero-order valence-electron chi connectivity index (χ0n) is 15.6. The molecule has 0 aliphatic carbocycles. The van der Waals surface area contributed by atoms with Crippen molar-refractivity contribution in [3.8, 4) is 11.6 Å². The summed E-state index contributed by atoms with van der Waals surface area (Å²) in [7, 11) is 0. The van der Waals surface area contributed by atoms with Gasteiger partial charge in [-0.2, -0.15) is 10.1 Å². The number of carbonyl (C=O) groups is 1. The zero-order valence-corrected chi connectivity index (χ0v) is 15.6. The number of amides is 1. The van der Waals surface area contributed by atoms with E-state index in [0.717, 1.165) is 17.8 Å². The highest BCUT2D eigenvalue weighted by Gasteiger charge is 2.31. The summed E-state index contributed by atoms with van der Waals surface area (Å²) in [6.45, 7) is 4.80. The highest BCUT2D eigenvalue weighted by Crippen LogP contribution is 2.29. The minimum absolute atomic E-state index is 0.000901. The van der Waals surface area contributed by atoms with E-state index < -0.39 is 5.82 Å². The summed E-state index contributed by atoms with van der Waals surface area (Å²) in [5.41, 5.74) is 2.06. The van der Waals surface area contributed by atoms with Gasteiger partial charge in [0.15, 0.2) is 11.6 Å². The van der Waals surface area contributed by atoms with Gasteiger partial charge in [0, 0.05) is 36.5 Å². The molecule has 1 aliphatic heterocycles. The van der Waals surface area contributed by atoms with E-state index in [9.17, 15) is 9.18 Å². The molecule has 0 spiro atoms. The minimum Gasteiger partial charge on any atom is -0.436 e. The lowest BCUT2D eigenvalue weighted by atomic mass is 10.1. The molecule has 3 aromatic rings. The van der Waals surface area contributed by atoms with Crippen LogP contribution in [0.4, 0.5) is 4.39 Å². The van der Waals surface area contributed by atoms with Gasteiger partial charge in [0.1, 0.15) is 5.82 Å². The molecular formula is C20H20FN5O2. The number of ether oxygens (including phenoxy) is 1. The zero-order chi connectivity index (χ0) is 19.7. The number of hydrogen-bond acceptors (Lipinski definition) is 5. The highest BCUT2D eigenvalue weighted by molar-refractivity contribution is 5.95. The van der Waals surface area contributed by atoms with E-state index >= 15 is 0 Å². The van der Waals surface area contributed by atoms with E-state index in [1.807, 2.05) is 13.8 Å². The Morgan fingerprint density at radius 1 is 1.29 bits per heavy atom. The predicted octanol–water partition coefficient (Wildman–Crippen LogP) is 3.38. The summed E-state index contributed by atoms with van der Waals surface area (Å²) in [4.78, 5) is 23.4. The molecule has 144 valence electrons. The summed E-state index contributed by atoms with van der Waals surface area (Å²) >= 11 is 0. The fraction of sp³-hybridized carbons (Fsp3) is 0.300. The summed E-state index contributed by atoms with van der Waals surface area (Å²) in [5, 5.41) is 6.71. The smallest absolute Gasteiger partial charge is 0.257 e. The van der Waals surface area contributed by atoms with Crippen LogP contribution < -0.4 is 4.74 Å². The van der Waals surface area contributed by atoms with E-state index in [0.29, 0.717) is 30.4 Å². The van der Waals surface area contributed by atoms with Gasteiger partial charge in [-0.25, -0.2) is 9.37 Å². The third kappa shape index (κ3) is 3.58. The maximum Gasteiger partial charge on any atom is 0.257 e. The number of hydrogen-bond donors (Lipinski definition) is 1. The Hall–Kier alpha value is -3.29. The van der Waals surface area contributed by atoms with Crippen LogP contribution in [0.25, 0.3) is 0 Å². The Morgan fingerprint density at radius 2 is 2.11 bits per heavy atom. The molecule has 0 bridgehead atoms. The van der Waals surface area contributed by atoms with Crippen molar-refractivity contribution in [1.29, 1.82) is 0 Å². The van der Waals surface area contributed by atoms with Crippen molar-refractivity contribution in [3.63, 3.8) is 0 Å². The summed E-state index contributed by atoms with van der Waals surface area (Å²) in [5.74, 6) is 0.510. The van der Waals surface area contributed by atoms with Crippen LogP contribution in [0.3, 0.4) is 0 Å². The average molecular weight is 381 g/mol. The number of nitrogens with zero attached hydrogens (tertiary/aromatic N) is 4. The number of H-pyrrole nitrogens is 1. The van der Waals surface area contributed by atoms with Crippen LogP contribution >= 0.6 is 0 Å².